The minimum absolute atomic E-state index is 0.637. The predicted octanol–water partition coefficient (Wildman–Crippen LogP) is 3.68. The SMILES string of the molecule is CN(Cc1ccc(Br)cc1Cl)CC1CCCCN1. The van der Waals surface area contributed by atoms with E-state index in [1.54, 1.807) is 0 Å². The number of halogens is 2. The Morgan fingerprint density at radius 2 is 2.28 bits per heavy atom. The molecule has 100 valence electrons. The van der Waals surface area contributed by atoms with Crippen molar-refractivity contribution in [3.63, 3.8) is 0 Å². The summed E-state index contributed by atoms with van der Waals surface area (Å²) in [5.41, 5.74) is 1.19. The van der Waals surface area contributed by atoms with Crippen LogP contribution in [-0.4, -0.2) is 31.1 Å². The van der Waals surface area contributed by atoms with Gasteiger partial charge < -0.3 is 10.2 Å². The highest BCUT2D eigenvalue weighted by Crippen LogP contribution is 2.22. The first-order valence-electron chi connectivity index (χ1n) is 6.51. The summed E-state index contributed by atoms with van der Waals surface area (Å²) in [6, 6.07) is 6.74. The lowest BCUT2D eigenvalue weighted by Gasteiger charge is -2.28. The standard InChI is InChI=1S/C14H20BrClN2/c1-18(10-13-4-2-3-7-17-13)9-11-5-6-12(15)8-14(11)16/h5-6,8,13,17H,2-4,7,9-10H2,1H3. The molecule has 0 bridgehead atoms. The van der Waals surface area contributed by atoms with E-state index in [1.807, 2.05) is 12.1 Å². The summed E-state index contributed by atoms with van der Waals surface area (Å²) in [7, 11) is 2.16. The fraction of sp³-hybridized carbons (Fsp3) is 0.571. The molecule has 1 aliphatic rings. The van der Waals surface area contributed by atoms with E-state index in [0.717, 1.165) is 29.1 Å². The Labute approximate surface area is 123 Å². The van der Waals surface area contributed by atoms with Crippen LogP contribution in [0.5, 0.6) is 0 Å². The highest BCUT2D eigenvalue weighted by molar-refractivity contribution is 9.10. The van der Waals surface area contributed by atoms with Crippen LogP contribution >= 0.6 is 27.5 Å². The molecule has 2 nitrogen and oxygen atoms in total. The molecule has 1 fully saturated rings. The number of hydrogen-bond acceptors (Lipinski definition) is 2. The number of nitrogens with one attached hydrogen (secondary N) is 1. The first kappa shape index (κ1) is 14.3. The molecular formula is C14H20BrClN2. The normalized spacial score (nSPS) is 20.3. The molecule has 18 heavy (non-hydrogen) atoms. The molecule has 0 amide bonds. The second kappa shape index (κ2) is 6.90. The predicted molar refractivity (Wildman–Crippen MR) is 81.1 cm³/mol. The monoisotopic (exact) mass is 330 g/mol. The zero-order chi connectivity index (χ0) is 13.0. The Morgan fingerprint density at radius 1 is 1.44 bits per heavy atom. The molecule has 1 N–H and O–H groups in total. The smallest absolute Gasteiger partial charge is 0.0462 e. The average molecular weight is 332 g/mol. The van der Waals surface area contributed by atoms with Gasteiger partial charge in [-0.1, -0.05) is 40.0 Å². The number of nitrogens with zero attached hydrogens (tertiary/aromatic N) is 1. The molecule has 1 heterocycles. The van der Waals surface area contributed by atoms with Gasteiger partial charge in [-0.3, -0.25) is 0 Å². The molecule has 0 aromatic heterocycles. The third-order valence-electron chi connectivity index (χ3n) is 3.40. The van der Waals surface area contributed by atoms with Crippen LogP contribution in [0.2, 0.25) is 5.02 Å². The van der Waals surface area contributed by atoms with Gasteiger partial charge in [0, 0.05) is 28.6 Å². The fourth-order valence-corrected chi connectivity index (χ4v) is 3.19. The van der Waals surface area contributed by atoms with Crippen LogP contribution < -0.4 is 5.32 Å². The van der Waals surface area contributed by atoms with Crippen LogP contribution in [0.25, 0.3) is 0 Å². The minimum Gasteiger partial charge on any atom is -0.313 e. The summed E-state index contributed by atoms with van der Waals surface area (Å²) in [6.45, 7) is 3.16. The van der Waals surface area contributed by atoms with Crippen LogP contribution in [0.1, 0.15) is 24.8 Å². The molecule has 1 atom stereocenters. The maximum atomic E-state index is 6.24. The molecule has 0 aliphatic carbocycles. The topological polar surface area (TPSA) is 15.3 Å². The van der Waals surface area contributed by atoms with Gasteiger partial charge in [0.1, 0.15) is 0 Å². The lowest BCUT2D eigenvalue weighted by molar-refractivity contribution is 0.256. The van der Waals surface area contributed by atoms with Crippen molar-refractivity contribution < 1.29 is 0 Å². The van der Waals surface area contributed by atoms with E-state index in [1.165, 1.54) is 24.8 Å². The lowest BCUT2D eigenvalue weighted by Crippen LogP contribution is -2.42. The van der Waals surface area contributed by atoms with E-state index < -0.39 is 0 Å². The van der Waals surface area contributed by atoms with Crippen molar-refractivity contribution in [1.82, 2.24) is 10.2 Å². The zero-order valence-corrected chi connectivity index (χ0v) is 13.1. The van der Waals surface area contributed by atoms with E-state index in [-0.39, 0.29) is 0 Å². The summed E-state index contributed by atoms with van der Waals surface area (Å²) in [5, 5.41) is 4.42. The highest BCUT2D eigenvalue weighted by Gasteiger charge is 2.15. The molecule has 2 rings (SSSR count). The van der Waals surface area contributed by atoms with Crippen molar-refractivity contribution in [2.45, 2.75) is 31.8 Å². The van der Waals surface area contributed by atoms with Gasteiger partial charge in [-0.05, 0) is 44.1 Å². The summed E-state index contributed by atoms with van der Waals surface area (Å²) >= 11 is 9.68. The average Bonchev–Trinajstić information content (AvgIpc) is 2.34. The van der Waals surface area contributed by atoms with Crippen molar-refractivity contribution >= 4 is 27.5 Å². The number of piperidine rings is 1. The molecule has 0 radical (unpaired) electrons. The molecule has 1 aromatic carbocycles. The molecule has 1 saturated heterocycles. The van der Waals surface area contributed by atoms with Gasteiger partial charge in [0.25, 0.3) is 0 Å². The van der Waals surface area contributed by atoms with Crippen LogP contribution in [0.3, 0.4) is 0 Å². The first-order chi connectivity index (χ1) is 8.65. The van der Waals surface area contributed by atoms with E-state index in [9.17, 15) is 0 Å². The minimum atomic E-state index is 0.637. The summed E-state index contributed by atoms with van der Waals surface area (Å²) in [6.07, 6.45) is 3.96. The van der Waals surface area contributed by atoms with E-state index in [2.05, 4.69) is 39.3 Å². The maximum absolute atomic E-state index is 6.24. The fourth-order valence-electron chi connectivity index (χ4n) is 2.46. The molecule has 4 heteroatoms. The molecule has 0 saturated carbocycles. The number of hydrogen-bond donors (Lipinski definition) is 1. The Hall–Kier alpha value is -0.0900. The highest BCUT2D eigenvalue weighted by atomic mass is 79.9. The van der Waals surface area contributed by atoms with Gasteiger partial charge in [-0.25, -0.2) is 0 Å². The van der Waals surface area contributed by atoms with Gasteiger partial charge in [-0.15, -0.1) is 0 Å². The lowest BCUT2D eigenvalue weighted by atomic mass is 10.0. The van der Waals surface area contributed by atoms with Gasteiger partial charge in [-0.2, -0.15) is 0 Å². The van der Waals surface area contributed by atoms with Gasteiger partial charge >= 0.3 is 0 Å². The number of likely N-dealkylation sites (N-methyl/N-ethyl adjacent to an activating group) is 1. The summed E-state index contributed by atoms with van der Waals surface area (Å²) in [4.78, 5) is 2.35. The van der Waals surface area contributed by atoms with Gasteiger partial charge in [0.2, 0.25) is 0 Å². The van der Waals surface area contributed by atoms with Crippen molar-refractivity contribution in [1.29, 1.82) is 0 Å². The largest absolute Gasteiger partial charge is 0.313 e. The van der Waals surface area contributed by atoms with Gasteiger partial charge in [0.15, 0.2) is 0 Å². The third kappa shape index (κ3) is 4.23. The van der Waals surface area contributed by atoms with Crippen LogP contribution in [0, 0.1) is 0 Å². The molecule has 1 aromatic rings. The Bertz CT molecular complexity index is 391. The summed E-state index contributed by atoms with van der Waals surface area (Å²) in [5.74, 6) is 0. The molecule has 0 spiro atoms. The Balaban J connectivity index is 1.87. The van der Waals surface area contributed by atoms with Crippen molar-refractivity contribution in [3.8, 4) is 0 Å². The van der Waals surface area contributed by atoms with Crippen LogP contribution in [0.15, 0.2) is 22.7 Å². The Morgan fingerprint density at radius 3 is 2.94 bits per heavy atom. The maximum Gasteiger partial charge on any atom is 0.0462 e. The van der Waals surface area contributed by atoms with Crippen molar-refractivity contribution in [2.75, 3.05) is 20.1 Å². The Kier molecular flexibility index (Phi) is 5.49. The van der Waals surface area contributed by atoms with E-state index >= 15 is 0 Å². The van der Waals surface area contributed by atoms with Gasteiger partial charge in [0.05, 0.1) is 0 Å². The van der Waals surface area contributed by atoms with Crippen LogP contribution in [-0.2, 0) is 6.54 Å². The van der Waals surface area contributed by atoms with Crippen LogP contribution in [0.4, 0.5) is 0 Å². The molecule has 1 unspecified atom stereocenters. The zero-order valence-electron chi connectivity index (χ0n) is 10.8. The molecule has 1 aliphatic heterocycles. The number of rotatable bonds is 4. The summed E-state index contributed by atoms with van der Waals surface area (Å²) < 4.78 is 1.04. The second-order valence-electron chi connectivity index (χ2n) is 5.08. The quantitative estimate of drug-likeness (QED) is 0.905. The molecular weight excluding hydrogens is 312 g/mol. The first-order valence-corrected chi connectivity index (χ1v) is 7.68. The van der Waals surface area contributed by atoms with Crippen molar-refractivity contribution in [2.24, 2.45) is 0 Å². The number of benzene rings is 1. The van der Waals surface area contributed by atoms with Crippen molar-refractivity contribution in [3.05, 3.63) is 33.3 Å². The van der Waals surface area contributed by atoms with E-state index in [0.29, 0.717) is 6.04 Å². The van der Waals surface area contributed by atoms with E-state index in [4.69, 9.17) is 11.6 Å². The second-order valence-corrected chi connectivity index (χ2v) is 6.40. The third-order valence-corrected chi connectivity index (χ3v) is 4.24.